The van der Waals surface area contributed by atoms with Gasteiger partial charge in [-0.05, 0) is 36.8 Å². The van der Waals surface area contributed by atoms with Crippen molar-refractivity contribution in [3.63, 3.8) is 0 Å². The van der Waals surface area contributed by atoms with Crippen LogP contribution in [-0.4, -0.2) is 25.6 Å². The first-order valence-corrected chi connectivity index (χ1v) is 10.9. The summed E-state index contributed by atoms with van der Waals surface area (Å²) in [5, 5.41) is 5.47. The summed E-state index contributed by atoms with van der Waals surface area (Å²) in [6.45, 7) is 1.97. The summed E-state index contributed by atoms with van der Waals surface area (Å²) in [6.07, 6.45) is 1.31. The normalized spacial score (nSPS) is 11.2. The van der Waals surface area contributed by atoms with Crippen molar-refractivity contribution in [1.82, 2.24) is 4.98 Å². The molecule has 8 heteroatoms. The van der Waals surface area contributed by atoms with Gasteiger partial charge in [-0.2, -0.15) is 0 Å². The Kier molecular flexibility index (Phi) is 5.57. The number of nitrogens with one attached hydrogen (secondary N) is 2. The van der Waals surface area contributed by atoms with E-state index in [1.807, 2.05) is 36.6 Å². The maximum absolute atomic E-state index is 12.2. The predicted molar refractivity (Wildman–Crippen MR) is 110 cm³/mol. The summed E-state index contributed by atoms with van der Waals surface area (Å²) < 4.78 is 24.9. The van der Waals surface area contributed by atoms with Crippen LogP contribution in [-0.2, 0) is 21.2 Å². The Labute approximate surface area is 162 Å². The van der Waals surface area contributed by atoms with Gasteiger partial charge >= 0.3 is 0 Å². The summed E-state index contributed by atoms with van der Waals surface area (Å²) >= 11 is 1.42. The molecule has 27 heavy (non-hydrogen) atoms. The Bertz CT molecular complexity index is 1060. The lowest BCUT2D eigenvalue weighted by Crippen LogP contribution is -2.14. The van der Waals surface area contributed by atoms with Crippen LogP contribution >= 0.6 is 11.3 Å². The van der Waals surface area contributed by atoms with Crippen molar-refractivity contribution >= 4 is 38.6 Å². The molecule has 0 aliphatic carbocycles. The van der Waals surface area contributed by atoms with Gasteiger partial charge in [0.15, 0.2) is 0 Å². The van der Waals surface area contributed by atoms with Gasteiger partial charge in [0.05, 0.1) is 18.4 Å². The van der Waals surface area contributed by atoms with E-state index in [0.717, 1.165) is 28.8 Å². The first kappa shape index (κ1) is 19.1. The van der Waals surface area contributed by atoms with E-state index in [2.05, 4.69) is 15.0 Å². The van der Waals surface area contributed by atoms with E-state index < -0.39 is 10.0 Å². The molecule has 0 bridgehead atoms. The van der Waals surface area contributed by atoms with Gasteiger partial charge in [0.1, 0.15) is 5.01 Å². The van der Waals surface area contributed by atoms with Crippen LogP contribution in [0.25, 0.3) is 11.3 Å². The van der Waals surface area contributed by atoms with Gasteiger partial charge < -0.3 is 5.32 Å². The van der Waals surface area contributed by atoms with Crippen LogP contribution in [0, 0.1) is 6.92 Å². The number of nitrogens with zero attached hydrogens (tertiary/aromatic N) is 1. The zero-order valence-corrected chi connectivity index (χ0v) is 16.5. The number of carbonyl (C=O) groups excluding carboxylic acids is 1. The lowest BCUT2D eigenvalue weighted by molar-refractivity contribution is -0.115. The van der Waals surface area contributed by atoms with Gasteiger partial charge in [-0.3, -0.25) is 9.52 Å². The number of aromatic nitrogens is 1. The Morgan fingerprint density at radius 2 is 1.85 bits per heavy atom. The van der Waals surface area contributed by atoms with Crippen molar-refractivity contribution in [2.24, 2.45) is 0 Å². The quantitative estimate of drug-likeness (QED) is 0.660. The average Bonchev–Trinajstić information content (AvgIpc) is 3.02. The van der Waals surface area contributed by atoms with Crippen LogP contribution < -0.4 is 10.0 Å². The molecule has 0 unspecified atom stereocenters. The minimum Gasteiger partial charge on any atom is -0.326 e. The molecule has 2 N–H and O–H groups in total. The number of benzene rings is 2. The molecule has 140 valence electrons. The molecule has 0 saturated carbocycles. The number of sulfonamides is 1. The van der Waals surface area contributed by atoms with Gasteiger partial charge in [-0.15, -0.1) is 11.3 Å². The fraction of sp³-hybridized carbons (Fsp3) is 0.158. The van der Waals surface area contributed by atoms with E-state index in [1.165, 1.54) is 11.3 Å². The molecule has 1 heterocycles. The smallest absolute Gasteiger partial charge is 0.231 e. The van der Waals surface area contributed by atoms with Crippen LogP contribution in [0.15, 0.2) is 53.9 Å². The Hall–Kier alpha value is -2.71. The van der Waals surface area contributed by atoms with E-state index in [0.29, 0.717) is 10.7 Å². The molecule has 0 fully saturated rings. The Morgan fingerprint density at radius 1 is 1.11 bits per heavy atom. The zero-order chi connectivity index (χ0) is 19.4. The van der Waals surface area contributed by atoms with E-state index >= 15 is 0 Å². The minimum atomic E-state index is -3.30. The molecule has 2 aromatic carbocycles. The predicted octanol–water partition coefficient (Wildman–Crippen LogP) is 3.67. The first-order valence-electron chi connectivity index (χ1n) is 8.18. The van der Waals surface area contributed by atoms with Gasteiger partial charge in [0, 0.05) is 22.3 Å². The highest BCUT2D eigenvalue weighted by Crippen LogP contribution is 2.24. The third-order valence-electron chi connectivity index (χ3n) is 3.65. The molecule has 0 aliphatic rings. The topological polar surface area (TPSA) is 88.2 Å². The van der Waals surface area contributed by atoms with Crippen molar-refractivity contribution < 1.29 is 13.2 Å². The number of thiazole rings is 1. The number of rotatable bonds is 6. The molecular formula is C19H19N3O3S2. The fourth-order valence-corrected chi connectivity index (χ4v) is 3.88. The number of aryl methyl sites for hydroxylation is 1. The highest BCUT2D eigenvalue weighted by atomic mass is 32.2. The van der Waals surface area contributed by atoms with E-state index in [-0.39, 0.29) is 12.3 Å². The second-order valence-electron chi connectivity index (χ2n) is 6.17. The Morgan fingerprint density at radius 3 is 2.52 bits per heavy atom. The highest BCUT2D eigenvalue weighted by Gasteiger charge is 2.10. The number of anilines is 2. The van der Waals surface area contributed by atoms with Crippen LogP contribution in [0.4, 0.5) is 11.4 Å². The lowest BCUT2D eigenvalue weighted by atomic mass is 10.1. The monoisotopic (exact) mass is 401 g/mol. The number of amides is 1. The molecule has 0 atom stereocenters. The first-order chi connectivity index (χ1) is 12.8. The highest BCUT2D eigenvalue weighted by molar-refractivity contribution is 7.92. The molecule has 0 spiro atoms. The second-order valence-corrected chi connectivity index (χ2v) is 8.86. The van der Waals surface area contributed by atoms with Crippen molar-refractivity contribution in [2.45, 2.75) is 13.3 Å². The van der Waals surface area contributed by atoms with Gasteiger partial charge in [-0.1, -0.05) is 24.3 Å². The number of carbonyl (C=O) groups is 1. The number of hydrogen-bond acceptors (Lipinski definition) is 5. The fourth-order valence-electron chi connectivity index (χ4n) is 2.51. The summed E-state index contributed by atoms with van der Waals surface area (Å²) in [6, 6.07) is 14.6. The summed E-state index contributed by atoms with van der Waals surface area (Å²) in [4.78, 5) is 16.7. The maximum Gasteiger partial charge on any atom is 0.231 e. The SMILES string of the molecule is Cc1cccc(NC(=O)Cc2nc(-c3ccc(NS(C)(=O)=O)cc3)cs2)c1. The largest absolute Gasteiger partial charge is 0.326 e. The van der Waals surface area contributed by atoms with Crippen LogP contribution in [0.1, 0.15) is 10.6 Å². The molecule has 1 aromatic heterocycles. The maximum atomic E-state index is 12.2. The molecule has 3 aromatic rings. The van der Waals surface area contributed by atoms with Crippen molar-refractivity contribution in [3.05, 3.63) is 64.5 Å². The number of hydrogen-bond donors (Lipinski definition) is 2. The van der Waals surface area contributed by atoms with Crippen LogP contribution in [0.5, 0.6) is 0 Å². The van der Waals surface area contributed by atoms with Crippen LogP contribution in [0.2, 0.25) is 0 Å². The molecule has 0 aliphatic heterocycles. The molecular weight excluding hydrogens is 382 g/mol. The van der Waals surface area contributed by atoms with Crippen LogP contribution in [0.3, 0.4) is 0 Å². The lowest BCUT2D eigenvalue weighted by Gasteiger charge is -2.05. The standard InChI is InChI=1S/C19H19N3O3S2/c1-13-4-3-5-16(10-13)20-18(23)11-19-21-17(12-26-19)14-6-8-15(9-7-14)22-27(2,24)25/h3-10,12,22H,11H2,1-2H3,(H,20,23). The minimum absolute atomic E-state index is 0.116. The third kappa shape index (κ3) is 5.63. The van der Waals surface area contributed by atoms with Gasteiger partial charge in [-0.25, -0.2) is 13.4 Å². The average molecular weight is 402 g/mol. The molecule has 0 radical (unpaired) electrons. The Balaban J connectivity index is 1.65. The summed E-state index contributed by atoms with van der Waals surface area (Å²) in [5.41, 5.74) is 3.96. The van der Waals surface area contributed by atoms with Gasteiger partial charge in [0.2, 0.25) is 15.9 Å². The summed E-state index contributed by atoms with van der Waals surface area (Å²) in [5.74, 6) is -0.116. The second kappa shape index (κ2) is 7.89. The van der Waals surface area contributed by atoms with Crippen molar-refractivity contribution in [3.8, 4) is 11.3 Å². The van der Waals surface area contributed by atoms with Crippen molar-refractivity contribution in [1.29, 1.82) is 0 Å². The molecule has 3 rings (SSSR count). The summed E-state index contributed by atoms with van der Waals surface area (Å²) in [7, 11) is -3.30. The van der Waals surface area contributed by atoms with E-state index in [9.17, 15) is 13.2 Å². The molecule has 1 amide bonds. The van der Waals surface area contributed by atoms with Gasteiger partial charge in [0.25, 0.3) is 0 Å². The van der Waals surface area contributed by atoms with Crippen molar-refractivity contribution in [2.75, 3.05) is 16.3 Å². The molecule has 0 saturated heterocycles. The van der Waals surface area contributed by atoms with E-state index in [4.69, 9.17) is 0 Å². The molecule has 6 nitrogen and oxygen atoms in total. The third-order valence-corrected chi connectivity index (χ3v) is 5.10. The van der Waals surface area contributed by atoms with E-state index in [1.54, 1.807) is 24.3 Å². The zero-order valence-electron chi connectivity index (χ0n) is 14.9.